The number of anilines is 1. The molecule has 0 spiro atoms. The van der Waals surface area contributed by atoms with Crippen molar-refractivity contribution in [1.29, 1.82) is 0 Å². The molecular weight excluding hydrogens is 228 g/mol. The Hall–Kier alpha value is -1.59. The van der Waals surface area contributed by atoms with Crippen molar-refractivity contribution in [3.63, 3.8) is 0 Å². The smallest absolute Gasteiger partial charge is 0.254 e. The summed E-state index contributed by atoms with van der Waals surface area (Å²) in [5.41, 5.74) is 4.07. The molecule has 1 amide bonds. The molecule has 1 atom stereocenters. The van der Waals surface area contributed by atoms with Crippen LogP contribution in [0.15, 0.2) is 24.3 Å². The number of nitrogens with zero attached hydrogens (tertiary/aromatic N) is 2. The first kappa shape index (κ1) is 12.9. The Bertz CT molecular complexity index is 418. The third-order valence-electron chi connectivity index (χ3n) is 3.39. The molecule has 1 aliphatic rings. The minimum absolute atomic E-state index is 0.0965. The van der Waals surface area contributed by atoms with E-state index in [2.05, 4.69) is 24.3 Å². The van der Waals surface area contributed by atoms with Gasteiger partial charge in [0, 0.05) is 36.9 Å². The van der Waals surface area contributed by atoms with Crippen LogP contribution in [0, 0.1) is 0 Å². The number of amides is 1. The standard InChI is InChI=1S/C13H20N4O/c1-10-9-16(2)7-8-17(10)13(18)11-3-5-12(15-14)6-4-11/h3-6,10,15H,7-9,14H2,1-2H3. The molecule has 0 radical (unpaired) electrons. The first-order valence-corrected chi connectivity index (χ1v) is 6.18. The number of likely N-dealkylation sites (N-methyl/N-ethyl adjacent to an activating group) is 1. The van der Waals surface area contributed by atoms with Gasteiger partial charge in [0.1, 0.15) is 0 Å². The van der Waals surface area contributed by atoms with Crippen LogP contribution in [0.1, 0.15) is 17.3 Å². The fourth-order valence-corrected chi connectivity index (χ4v) is 2.32. The summed E-state index contributed by atoms with van der Waals surface area (Å²) in [7, 11) is 2.08. The number of benzene rings is 1. The van der Waals surface area contributed by atoms with E-state index in [0.29, 0.717) is 5.56 Å². The highest BCUT2D eigenvalue weighted by Crippen LogP contribution is 2.15. The number of nitrogen functional groups attached to an aromatic ring is 1. The van der Waals surface area contributed by atoms with Crippen molar-refractivity contribution in [2.24, 2.45) is 5.84 Å². The average molecular weight is 248 g/mol. The van der Waals surface area contributed by atoms with Crippen LogP contribution >= 0.6 is 0 Å². The van der Waals surface area contributed by atoms with E-state index >= 15 is 0 Å². The number of nitrogens with two attached hydrogens (primary N) is 1. The van der Waals surface area contributed by atoms with Gasteiger partial charge in [-0.05, 0) is 38.2 Å². The Labute approximate surface area is 108 Å². The van der Waals surface area contributed by atoms with Gasteiger partial charge >= 0.3 is 0 Å². The predicted octanol–water partition coefficient (Wildman–Crippen LogP) is 0.748. The molecule has 5 heteroatoms. The zero-order valence-corrected chi connectivity index (χ0v) is 10.9. The van der Waals surface area contributed by atoms with Crippen LogP contribution < -0.4 is 11.3 Å². The van der Waals surface area contributed by atoms with Crippen molar-refractivity contribution >= 4 is 11.6 Å². The maximum atomic E-state index is 12.4. The lowest BCUT2D eigenvalue weighted by molar-refractivity contribution is 0.0533. The number of nitrogens with one attached hydrogen (secondary N) is 1. The van der Waals surface area contributed by atoms with E-state index in [1.54, 1.807) is 0 Å². The Morgan fingerprint density at radius 2 is 2.00 bits per heavy atom. The quantitative estimate of drug-likeness (QED) is 0.599. The number of carbonyl (C=O) groups excluding carboxylic acids is 1. The third kappa shape index (κ3) is 2.63. The molecule has 1 aromatic carbocycles. The van der Waals surface area contributed by atoms with Gasteiger partial charge in [-0.25, -0.2) is 0 Å². The van der Waals surface area contributed by atoms with Crippen molar-refractivity contribution in [2.45, 2.75) is 13.0 Å². The van der Waals surface area contributed by atoms with Crippen molar-refractivity contribution in [1.82, 2.24) is 9.80 Å². The third-order valence-corrected chi connectivity index (χ3v) is 3.39. The first-order valence-electron chi connectivity index (χ1n) is 6.18. The van der Waals surface area contributed by atoms with E-state index in [4.69, 9.17) is 5.84 Å². The van der Waals surface area contributed by atoms with Gasteiger partial charge in [0.2, 0.25) is 0 Å². The molecule has 1 saturated heterocycles. The van der Waals surface area contributed by atoms with Crippen molar-refractivity contribution in [3.8, 4) is 0 Å². The number of carbonyl (C=O) groups is 1. The Balaban J connectivity index is 2.10. The van der Waals surface area contributed by atoms with Gasteiger partial charge < -0.3 is 15.2 Å². The summed E-state index contributed by atoms with van der Waals surface area (Å²) >= 11 is 0. The molecular formula is C13H20N4O. The second-order valence-electron chi connectivity index (χ2n) is 4.83. The van der Waals surface area contributed by atoms with Gasteiger partial charge in [0.05, 0.1) is 0 Å². The normalized spacial score (nSPS) is 20.8. The van der Waals surface area contributed by atoms with Gasteiger partial charge in [-0.3, -0.25) is 10.6 Å². The maximum absolute atomic E-state index is 12.4. The molecule has 1 aliphatic heterocycles. The van der Waals surface area contributed by atoms with Crippen LogP contribution in [0.2, 0.25) is 0 Å². The molecule has 1 fully saturated rings. The highest BCUT2D eigenvalue weighted by atomic mass is 16.2. The summed E-state index contributed by atoms with van der Waals surface area (Å²) < 4.78 is 0. The van der Waals surface area contributed by atoms with Gasteiger partial charge in [0.25, 0.3) is 5.91 Å². The Morgan fingerprint density at radius 3 is 2.56 bits per heavy atom. The molecule has 1 heterocycles. The molecule has 1 aromatic rings. The summed E-state index contributed by atoms with van der Waals surface area (Å²) in [6, 6.07) is 7.50. The van der Waals surface area contributed by atoms with E-state index in [9.17, 15) is 4.79 Å². The van der Waals surface area contributed by atoms with E-state index in [1.165, 1.54) is 0 Å². The zero-order valence-electron chi connectivity index (χ0n) is 10.9. The van der Waals surface area contributed by atoms with Crippen LogP contribution in [-0.4, -0.2) is 48.4 Å². The fourth-order valence-electron chi connectivity index (χ4n) is 2.32. The summed E-state index contributed by atoms with van der Waals surface area (Å²) in [6.07, 6.45) is 0. The van der Waals surface area contributed by atoms with E-state index in [0.717, 1.165) is 25.3 Å². The molecule has 2 rings (SSSR count). The molecule has 98 valence electrons. The average Bonchev–Trinajstić information content (AvgIpc) is 2.38. The van der Waals surface area contributed by atoms with E-state index < -0.39 is 0 Å². The number of hydrogen-bond acceptors (Lipinski definition) is 4. The van der Waals surface area contributed by atoms with Crippen LogP contribution in [-0.2, 0) is 0 Å². The minimum Gasteiger partial charge on any atom is -0.333 e. The predicted molar refractivity (Wildman–Crippen MR) is 72.2 cm³/mol. The van der Waals surface area contributed by atoms with Crippen molar-refractivity contribution in [2.75, 3.05) is 32.1 Å². The van der Waals surface area contributed by atoms with Gasteiger partial charge in [-0.15, -0.1) is 0 Å². The van der Waals surface area contributed by atoms with Crippen LogP contribution in [0.25, 0.3) is 0 Å². The number of hydrogen-bond donors (Lipinski definition) is 2. The second-order valence-corrected chi connectivity index (χ2v) is 4.83. The monoisotopic (exact) mass is 248 g/mol. The lowest BCUT2D eigenvalue weighted by Crippen LogP contribution is -2.52. The summed E-state index contributed by atoms with van der Waals surface area (Å²) in [4.78, 5) is 16.6. The molecule has 5 nitrogen and oxygen atoms in total. The topological polar surface area (TPSA) is 61.6 Å². The largest absolute Gasteiger partial charge is 0.333 e. The first-order chi connectivity index (χ1) is 8.61. The zero-order chi connectivity index (χ0) is 13.1. The van der Waals surface area contributed by atoms with Gasteiger partial charge in [-0.2, -0.15) is 0 Å². The molecule has 0 bridgehead atoms. The lowest BCUT2D eigenvalue weighted by Gasteiger charge is -2.38. The highest BCUT2D eigenvalue weighted by Gasteiger charge is 2.26. The number of hydrazine groups is 1. The van der Waals surface area contributed by atoms with Crippen LogP contribution in [0.3, 0.4) is 0 Å². The molecule has 0 saturated carbocycles. The number of piperazine rings is 1. The van der Waals surface area contributed by atoms with Crippen molar-refractivity contribution < 1.29 is 4.79 Å². The molecule has 0 aromatic heterocycles. The lowest BCUT2D eigenvalue weighted by atomic mass is 10.1. The molecule has 3 N–H and O–H groups in total. The second kappa shape index (κ2) is 5.37. The minimum atomic E-state index is 0.0965. The summed E-state index contributed by atoms with van der Waals surface area (Å²) in [5.74, 6) is 5.40. The van der Waals surface area contributed by atoms with Gasteiger partial charge in [0.15, 0.2) is 0 Å². The summed E-state index contributed by atoms with van der Waals surface area (Å²) in [5, 5.41) is 0. The highest BCUT2D eigenvalue weighted by molar-refractivity contribution is 5.94. The van der Waals surface area contributed by atoms with Crippen LogP contribution in [0.5, 0.6) is 0 Å². The molecule has 18 heavy (non-hydrogen) atoms. The van der Waals surface area contributed by atoms with Gasteiger partial charge in [-0.1, -0.05) is 0 Å². The molecule has 0 aliphatic carbocycles. The Morgan fingerprint density at radius 1 is 1.33 bits per heavy atom. The SMILES string of the molecule is CC1CN(C)CCN1C(=O)c1ccc(NN)cc1. The Kier molecular flexibility index (Phi) is 3.84. The van der Waals surface area contributed by atoms with Crippen LogP contribution in [0.4, 0.5) is 5.69 Å². The molecule has 1 unspecified atom stereocenters. The summed E-state index contributed by atoms with van der Waals surface area (Å²) in [6.45, 7) is 4.73. The van der Waals surface area contributed by atoms with E-state index in [-0.39, 0.29) is 11.9 Å². The fraction of sp³-hybridized carbons (Fsp3) is 0.462. The van der Waals surface area contributed by atoms with Crippen molar-refractivity contribution in [3.05, 3.63) is 29.8 Å². The van der Waals surface area contributed by atoms with E-state index in [1.807, 2.05) is 29.2 Å². The number of rotatable bonds is 2. The maximum Gasteiger partial charge on any atom is 0.254 e.